The predicted octanol–water partition coefficient (Wildman–Crippen LogP) is 10.8. The summed E-state index contributed by atoms with van der Waals surface area (Å²) in [5.41, 5.74) is -24.5. The molecule has 3 heterocycles. The van der Waals surface area contributed by atoms with Crippen molar-refractivity contribution in [2.24, 2.45) is 0 Å². The SMILES string of the molecule is N#CC(C#N)=c1c(F)c(F)c(=C(C#N)C#N)c(F)c1F.N#Cc1nc2c3nc(C#N)c(C#N)nc3c3nc(C#N)c(C#N)nc3c2nc1C#N.[2HH].[2H][2H].[C-]#[N+]C(=C1C(=C(C#N)c2c(F)c(C)c(C#N)c(F)c2F)C1=C(C#N)c1c(F)c(F)c([N+]#[C-])c(F)c1F)c1c(F)c(F)c(C#N)c(F)c1F.[HH].[HH]. The fourth-order valence-electron chi connectivity index (χ4n) is 8.75. The lowest BCUT2D eigenvalue weighted by molar-refractivity contribution is 0.434. The van der Waals surface area contributed by atoms with Gasteiger partial charge in [-0.15, -0.1) is 0 Å². The molecule has 1 aliphatic carbocycles. The van der Waals surface area contributed by atoms with Crippen LogP contribution in [0.2, 0.25) is 0 Å². The van der Waals surface area contributed by atoms with Crippen LogP contribution in [0.4, 0.5) is 71.5 Å². The molecule has 0 bridgehead atoms. The first-order valence-electron chi connectivity index (χ1n) is 25.5. The molecular formula is C61H11F15N22. The number of halogens is 15. The summed E-state index contributed by atoms with van der Waals surface area (Å²) in [4.78, 5) is 29.6. The first-order valence-corrected chi connectivity index (χ1v) is 24.5. The van der Waals surface area contributed by atoms with E-state index in [9.17, 15) is 81.6 Å². The maximum Gasteiger partial charge on any atom is 0.262 e. The van der Waals surface area contributed by atoms with E-state index in [-0.39, 0.29) is 71.5 Å². The van der Waals surface area contributed by atoms with E-state index in [0.29, 0.717) is 0 Å². The molecule has 37 heteroatoms. The lowest BCUT2D eigenvalue weighted by atomic mass is 9.96. The Morgan fingerprint density at radius 1 is 0.337 bits per heavy atom. The first kappa shape index (κ1) is 67.8. The minimum absolute atomic E-state index is 0. The van der Waals surface area contributed by atoms with Crippen LogP contribution in [-0.4, -0.2) is 29.9 Å². The van der Waals surface area contributed by atoms with Gasteiger partial charge in [-0.25, -0.2) is 105 Å². The Hall–Kier alpha value is -16.1. The van der Waals surface area contributed by atoms with Crippen molar-refractivity contribution >= 4 is 66.8 Å². The molecule has 0 unspecified atom stereocenters. The van der Waals surface area contributed by atoms with Crippen LogP contribution in [0.15, 0.2) is 16.7 Å². The Labute approximate surface area is 538 Å². The molecule has 470 valence electrons. The topological polar surface area (TPSA) is 419 Å². The monoisotopic (exact) mass is 1340 g/mol. The second-order valence-electron chi connectivity index (χ2n) is 17.9. The number of hydrogen-bond acceptors (Lipinski definition) is 20. The molecule has 22 nitrogen and oxygen atoms in total. The fourth-order valence-corrected chi connectivity index (χ4v) is 8.75. The average Bonchev–Trinajstić information content (AvgIpc) is 1.59. The van der Waals surface area contributed by atoms with Gasteiger partial charge in [0.1, 0.15) is 141 Å². The van der Waals surface area contributed by atoms with Crippen LogP contribution in [0.5, 0.6) is 0 Å². The minimum atomic E-state index is -2.46. The summed E-state index contributed by atoms with van der Waals surface area (Å²) < 4.78 is 229. The van der Waals surface area contributed by atoms with Gasteiger partial charge < -0.3 is 0 Å². The van der Waals surface area contributed by atoms with Crippen molar-refractivity contribution in [3.05, 3.63) is 205 Å². The van der Waals surface area contributed by atoms with Gasteiger partial charge in [0.25, 0.3) is 5.69 Å². The molecule has 0 radical (unpaired) electrons. The number of rotatable bonds is 3. The summed E-state index contributed by atoms with van der Waals surface area (Å²) >= 11 is 0. The molecule has 3 aromatic heterocycles. The fraction of sp³-hybridized carbons (Fsp3) is 0.0164. The summed E-state index contributed by atoms with van der Waals surface area (Å²) in [5.74, 6) is -33.7. The molecule has 9 rings (SSSR count). The van der Waals surface area contributed by atoms with E-state index in [1.54, 1.807) is 36.4 Å². The molecule has 8 aromatic rings. The first-order chi connectivity index (χ1) is 47.6. The molecule has 1 fully saturated rings. The van der Waals surface area contributed by atoms with Gasteiger partial charge in [-0.2, -0.15) is 73.7 Å². The highest BCUT2D eigenvalue weighted by Gasteiger charge is 2.46. The summed E-state index contributed by atoms with van der Waals surface area (Å²) in [6.45, 7) is 14.9. The third-order valence-electron chi connectivity index (χ3n) is 13.1. The lowest BCUT2D eigenvalue weighted by Gasteiger charge is -2.09. The average molecular weight is 1340 g/mol. The molecule has 98 heavy (non-hydrogen) atoms. The Morgan fingerprint density at radius 2 is 0.602 bits per heavy atom. The summed E-state index contributed by atoms with van der Waals surface area (Å²) in [7, 11) is 0. The molecule has 1 aliphatic rings. The van der Waals surface area contributed by atoms with E-state index in [1.165, 1.54) is 0 Å². The number of nitriles is 14. The zero-order chi connectivity index (χ0) is 75.0. The third kappa shape index (κ3) is 10.9. The smallest absolute Gasteiger partial charge is 0.237 e. The van der Waals surface area contributed by atoms with Gasteiger partial charge in [0.05, 0.1) is 57.0 Å². The molecule has 0 atom stereocenters. The van der Waals surface area contributed by atoms with E-state index >= 15 is 26.3 Å². The van der Waals surface area contributed by atoms with Crippen LogP contribution in [0.25, 0.3) is 70.8 Å². The highest BCUT2D eigenvalue weighted by molar-refractivity contribution is 6.18. The zero-order valence-corrected chi connectivity index (χ0v) is 46.5. The maximum atomic E-state index is 15.4. The molecule has 0 N–H and O–H groups in total. The van der Waals surface area contributed by atoms with Crippen LogP contribution >= 0.6 is 0 Å². The molecule has 5 aromatic carbocycles. The standard InChI is InChI=1S/C31H3F11N6.C18N12.C12F4N4.4H2/c1-8-9(4-43)20(33)23(36)15(19(8)32)10(5-44)13-14(11(6-45)16-24(37)28(41)31(48-3)29(42)25(16)38)17(13)30(47-2)18-26(39)21(34)12(7-46)22(35)27(18)40;19-1-7-8(2-20)26-14-13(25-7)15-17(29-10(4-22)9(3-21)27-15)18-16(14)28-11(5-23)12(6-24)30-18;13-9-7(5(1-17)2-18)10(14)12(16)8(11(9)15)6(3-19)4-20;;;;/h1H3;;;4*1H/i;;;1+1D;1+1;;. The zero-order valence-electron chi connectivity index (χ0n) is 48.5. The van der Waals surface area contributed by atoms with E-state index in [4.69, 9.17) is 47.7 Å². The van der Waals surface area contributed by atoms with Gasteiger partial charge in [-0.3, -0.25) is 0 Å². The largest absolute Gasteiger partial charge is 0.262 e. The van der Waals surface area contributed by atoms with Crippen molar-refractivity contribution in [3.63, 3.8) is 0 Å². The number of benzene rings is 5. The number of nitrogens with zero attached hydrogens (tertiary/aromatic N) is 22. The number of fused-ring (bicyclic) bond motifs is 6. The van der Waals surface area contributed by atoms with Crippen LogP contribution < -0.4 is 10.4 Å². The van der Waals surface area contributed by atoms with E-state index in [0.717, 1.165) is 55.5 Å². The van der Waals surface area contributed by atoms with Crippen molar-refractivity contribution in [2.75, 3.05) is 0 Å². The Balaban J connectivity index is 0.000000428. The number of allylic oxidation sites excluding steroid dienone is 5. The number of aromatic nitrogens is 6. The van der Waals surface area contributed by atoms with Gasteiger partial charge in [-0.1, -0.05) is 0 Å². The Bertz CT molecular complexity index is 5340. The summed E-state index contributed by atoms with van der Waals surface area (Å²) in [6.07, 6.45) is 0. The molecule has 0 amide bonds. The van der Waals surface area contributed by atoms with Crippen LogP contribution in [-0.2, 0) is 0 Å². The van der Waals surface area contributed by atoms with Gasteiger partial charge in [0.2, 0.25) is 5.70 Å². The van der Waals surface area contributed by atoms with Crippen LogP contribution in [0.1, 0.15) is 74.8 Å². The molecule has 0 spiro atoms. The highest BCUT2D eigenvalue weighted by Crippen LogP contribution is 2.58. The predicted molar refractivity (Wildman–Crippen MR) is 295 cm³/mol. The maximum absolute atomic E-state index is 15.4. The molecule has 1 saturated carbocycles. The van der Waals surface area contributed by atoms with Crippen molar-refractivity contribution in [1.29, 1.82) is 73.7 Å². The third-order valence-corrected chi connectivity index (χ3v) is 13.1. The Morgan fingerprint density at radius 3 is 0.847 bits per heavy atom. The van der Waals surface area contributed by atoms with Gasteiger partial charge in [0, 0.05) is 12.8 Å². The highest BCUT2D eigenvalue weighted by atomic mass is 19.2. The van der Waals surface area contributed by atoms with Crippen LogP contribution in [0.3, 0.4) is 0 Å². The van der Waals surface area contributed by atoms with Crippen molar-refractivity contribution in [1.82, 2.24) is 29.9 Å². The number of hydrogen-bond donors (Lipinski definition) is 0. The van der Waals surface area contributed by atoms with Gasteiger partial charge in [0.15, 0.2) is 116 Å². The van der Waals surface area contributed by atoms with Crippen molar-refractivity contribution < 1.29 is 73.1 Å². The quantitative estimate of drug-likeness (QED) is 0.0521. The second-order valence-corrected chi connectivity index (χ2v) is 17.9. The summed E-state index contributed by atoms with van der Waals surface area (Å²) in [6, 6.07) is 19.0. The Kier molecular flexibility index (Phi) is 18.8. The van der Waals surface area contributed by atoms with Crippen molar-refractivity contribution in [3.8, 4) is 85.0 Å². The molecule has 0 saturated heterocycles. The normalized spacial score (nSPS) is 12.2. The van der Waals surface area contributed by atoms with Crippen molar-refractivity contribution in [2.45, 2.75) is 6.92 Å². The van der Waals surface area contributed by atoms with Gasteiger partial charge >= 0.3 is 0 Å². The minimum Gasteiger partial charge on any atom is -0.237 e. The van der Waals surface area contributed by atoms with E-state index in [1.807, 2.05) is 0 Å². The van der Waals surface area contributed by atoms with E-state index in [2.05, 4.69) is 39.6 Å². The van der Waals surface area contributed by atoms with E-state index < -0.39 is 181 Å². The van der Waals surface area contributed by atoms with Gasteiger partial charge in [-0.05, 0) is 23.6 Å². The summed E-state index contributed by atoms with van der Waals surface area (Å²) in [5, 5.41) is 124. The molecular weight excluding hydrogens is 1330 g/mol. The lowest BCUT2D eigenvalue weighted by Crippen LogP contribution is -2.31. The molecule has 0 aliphatic heterocycles. The second kappa shape index (κ2) is 27.1. The van der Waals surface area contributed by atoms with Crippen LogP contribution in [0, 0.1) is 266 Å².